The number of hydrogen-bond acceptors (Lipinski definition) is 4. The summed E-state index contributed by atoms with van der Waals surface area (Å²) in [5, 5.41) is 4.30. The number of nitrogens with one attached hydrogen (secondary N) is 2. The molecule has 0 radical (unpaired) electrons. The maximum absolute atomic E-state index is 13.1. The summed E-state index contributed by atoms with van der Waals surface area (Å²) in [4.78, 5) is 19.0. The lowest BCUT2D eigenvalue weighted by molar-refractivity contribution is 0.0392. The number of para-hydroxylation sites is 1. The van der Waals surface area contributed by atoms with Gasteiger partial charge in [0, 0.05) is 43.4 Å². The van der Waals surface area contributed by atoms with Crippen LogP contribution in [0.1, 0.15) is 53.4 Å². The second kappa shape index (κ2) is 10.8. The Labute approximate surface area is 208 Å². The van der Waals surface area contributed by atoms with Gasteiger partial charge in [0.1, 0.15) is 12.4 Å². The highest BCUT2D eigenvalue weighted by molar-refractivity contribution is 6.06. The van der Waals surface area contributed by atoms with E-state index >= 15 is 0 Å². The second-order valence-corrected chi connectivity index (χ2v) is 10.2. The zero-order valence-corrected chi connectivity index (χ0v) is 20.9. The minimum Gasteiger partial charge on any atom is -0.492 e. The van der Waals surface area contributed by atoms with Crippen molar-refractivity contribution in [3.8, 4) is 5.75 Å². The molecule has 1 aliphatic carbocycles. The molecule has 2 N–H and O–H groups in total. The Morgan fingerprint density at radius 2 is 2.00 bits per heavy atom. The Hall–Kier alpha value is -2.83. The van der Waals surface area contributed by atoms with Crippen molar-refractivity contribution < 1.29 is 14.3 Å². The number of aromatic amines is 1. The molecule has 6 nitrogen and oxygen atoms in total. The lowest BCUT2D eigenvalue weighted by Gasteiger charge is -2.31. The van der Waals surface area contributed by atoms with E-state index in [1.54, 1.807) is 0 Å². The van der Waals surface area contributed by atoms with Crippen molar-refractivity contribution in [3.05, 3.63) is 64.8 Å². The molecule has 186 valence electrons. The number of aryl methyl sites for hydroxylation is 1. The minimum atomic E-state index is -0.0494. The predicted octanol–water partition coefficient (Wildman–Crippen LogP) is 4.71. The molecule has 1 aliphatic heterocycles. The summed E-state index contributed by atoms with van der Waals surface area (Å²) >= 11 is 0. The summed E-state index contributed by atoms with van der Waals surface area (Å²) in [7, 11) is 2.16. The first-order valence-corrected chi connectivity index (χ1v) is 13.0. The van der Waals surface area contributed by atoms with Gasteiger partial charge in [-0.05, 0) is 74.4 Å². The molecule has 1 unspecified atom stereocenters. The van der Waals surface area contributed by atoms with Crippen LogP contribution in [0.15, 0.2) is 42.5 Å². The fourth-order valence-corrected chi connectivity index (χ4v) is 5.44. The summed E-state index contributed by atoms with van der Waals surface area (Å²) in [6.45, 7) is 6.00. The van der Waals surface area contributed by atoms with E-state index in [9.17, 15) is 4.79 Å². The van der Waals surface area contributed by atoms with E-state index < -0.39 is 0 Å². The Balaban J connectivity index is 1.18. The third kappa shape index (κ3) is 5.54. The molecule has 3 aromatic rings. The van der Waals surface area contributed by atoms with E-state index in [-0.39, 0.29) is 5.91 Å². The number of amides is 1. The van der Waals surface area contributed by atoms with Crippen molar-refractivity contribution >= 4 is 16.8 Å². The number of nitrogens with zero attached hydrogens (tertiary/aromatic N) is 1. The van der Waals surface area contributed by atoms with Crippen molar-refractivity contribution in [2.24, 2.45) is 5.92 Å². The van der Waals surface area contributed by atoms with Crippen LogP contribution in [-0.4, -0.2) is 55.2 Å². The zero-order chi connectivity index (χ0) is 24.2. The molecular formula is C29H37N3O3. The van der Waals surface area contributed by atoms with Crippen LogP contribution in [0.5, 0.6) is 5.75 Å². The number of benzene rings is 2. The predicted molar refractivity (Wildman–Crippen MR) is 139 cm³/mol. The van der Waals surface area contributed by atoms with Crippen LogP contribution in [-0.2, 0) is 24.1 Å². The number of carbonyl (C=O) groups is 1. The van der Waals surface area contributed by atoms with E-state index in [1.165, 1.54) is 23.1 Å². The quantitative estimate of drug-likeness (QED) is 0.495. The maximum atomic E-state index is 13.1. The largest absolute Gasteiger partial charge is 0.492 e. The van der Waals surface area contributed by atoms with Gasteiger partial charge in [-0.25, -0.2) is 0 Å². The maximum Gasteiger partial charge on any atom is 0.253 e. The number of aromatic nitrogens is 1. The van der Waals surface area contributed by atoms with E-state index in [2.05, 4.69) is 35.2 Å². The third-order valence-corrected chi connectivity index (χ3v) is 7.59. The average molecular weight is 476 g/mol. The van der Waals surface area contributed by atoms with Crippen molar-refractivity contribution in [1.29, 1.82) is 0 Å². The van der Waals surface area contributed by atoms with Crippen LogP contribution < -0.4 is 10.1 Å². The van der Waals surface area contributed by atoms with E-state index in [0.717, 1.165) is 62.3 Å². The molecule has 5 rings (SSSR count). The van der Waals surface area contributed by atoms with Gasteiger partial charge in [0.05, 0.1) is 11.1 Å². The highest BCUT2D eigenvalue weighted by Crippen LogP contribution is 2.33. The molecule has 2 aromatic carbocycles. The molecule has 2 heterocycles. The normalized spacial score (nSPS) is 18.5. The molecule has 35 heavy (non-hydrogen) atoms. The van der Waals surface area contributed by atoms with Gasteiger partial charge >= 0.3 is 0 Å². The number of hydrogen-bond donors (Lipinski definition) is 2. The minimum absolute atomic E-state index is 0.0494. The molecule has 1 amide bonds. The number of ether oxygens (including phenoxy) is 2. The first kappa shape index (κ1) is 23.9. The molecule has 0 spiro atoms. The monoisotopic (exact) mass is 475 g/mol. The molecule has 6 heteroatoms. The molecular weight excluding hydrogens is 438 g/mol. The van der Waals surface area contributed by atoms with Crippen LogP contribution in [0, 0.1) is 5.92 Å². The Morgan fingerprint density at radius 1 is 1.17 bits per heavy atom. The summed E-state index contributed by atoms with van der Waals surface area (Å²) in [5.41, 5.74) is 5.40. The molecule has 0 saturated carbocycles. The Bertz CT molecular complexity index is 1170. The molecule has 1 aromatic heterocycles. The molecule has 2 aliphatic rings. The molecule has 0 bridgehead atoms. The van der Waals surface area contributed by atoms with Crippen LogP contribution in [0.4, 0.5) is 0 Å². The standard InChI is InChI=1S/C29H37N3O3/c1-20-9-10-27-26(17-20)24-7-4-8-25(28(24)31-27)29(33)30-19-21-5-3-6-23(18-21)35-16-13-32(2)22-11-14-34-15-12-22/h3-8,18,20,22,31H,9-17,19H2,1-2H3,(H,30,33). The van der Waals surface area contributed by atoms with Gasteiger partial charge < -0.3 is 19.8 Å². The van der Waals surface area contributed by atoms with Crippen LogP contribution in [0.2, 0.25) is 0 Å². The van der Waals surface area contributed by atoms with Gasteiger partial charge in [-0.2, -0.15) is 0 Å². The number of rotatable bonds is 8. The fourth-order valence-electron chi connectivity index (χ4n) is 5.44. The smallest absolute Gasteiger partial charge is 0.253 e. The number of likely N-dealkylation sites (N-methyl/N-ethyl adjacent to an activating group) is 1. The van der Waals surface area contributed by atoms with Gasteiger partial charge in [-0.15, -0.1) is 0 Å². The second-order valence-electron chi connectivity index (χ2n) is 10.2. The topological polar surface area (TPSA) is 66.6 Å². The van der Waals surface area contributed by atoms with E-state index in [1.807, 2.05) is 36.4 Å². The molecule has 1 atom stereocenters. The van der Waals surface area contributed by atoms with Crippen molar-refractivity contribution in [2.75, 3.05) is 33.4 Å². The molecule has 1 fully saturated rings. The van der Waals surface area contributed by atoms with Crippen molar-refractivity contribution in [3.63, 3.8) is 0 Å². The van der Waals surface area contributed by atoms with Crippen LogP contribution in [0.3, 0.4) is 0 Å². The van der Waals surface area contributed by atoms with Crippen LogP contribution in [0.25, 0.3) is 10.9 Å². The first-order chi connectivity index (χ1) is 17.1. The highest BCUT2D eigenvalue weighted by atomic mass is 16.5. The molecule has 1 saturated heterocycles. The summed E-state index contributed by atoms with van der Waals surface area (Å²) < 4.78 is 11.5. The third-order valence-electron chi connectivity index (χ3n) is 7.59. The van der Waals surface area contributed by atoms with Gasteiger partial charge in [-0.3, -0.25) is 9.69 Å². The van der Waals surface area contributed by atoms with Gasteiger partial charge in [-0.1, -0.05) is 31.2 Å². The SMILES string of the molecule is CC1CCc2[nH]c3c(C(=O)NCc4cccc(OCCN(C)C5CCOCC5)c4)cccc3c2C1. The summed E-state index contributed by atoms with van der Waals surface area (Å²) in [5.74, 6) is 1.48. The van der Waals surface area contributed by atoms with E-state index in [4.69, 9.17) is 9.47 Å². The Morgan fingerprint density at radius 3 is 2.86 bits per heavy atom. The number of H-pyrrole nitrogens is 1. The highest BCUT2D eigenvalue weighted by Gasteiger charge is 2.22. The lowest BCUT2D eigenvalue weighted by Crippen LogP contribution is -2.38. The Kier molecular flexibility index (Phi) is 7.40. The van der Waals surface area contributed by atoms with Crippen molar-refractivity contribution in [1.82, 2.24) is 15.2 Å². The van der Waals surface area contributed by atoms with Crippen molar-refractivity contribution in [2.45, 2.75) is 51.6 Å². The van der Waals surface area contributed by atoms with Gasteiger partial charge in [0.2, 0.25) is 0 Å². The van der Waals surface area contributed by atoms with E-state index in [0.29, 0.717) is 30.7 Å². The van der Waals surface area contributed by atoms with Crippen LogP contribution >= 0.6 is 0 Å². The van der Waals surface area contributed by atoms with Gasteiger partial charge in [0.25, 0.3) is 5.91 Å². The number of carbonyl (C=O) groups excluding carboxylic acids is 1. The van der Waals surface area contributed by atoms with Gasteiger partial charge in [0.15, 0.2) is 0 Å². The fraction of sp³-hybridized carbons (Fsp3) is 0.483. The summed E-state index contributed by atoms with van der Waals surface area (Å²) in [6.07, 6.45) is 5.51. The first-order valence-electron chi connectivity index (χ1n) is 13.0. The summed E-state index contributed by atoms with van der Waals surface area (Å²) in [6, 6.07) is 14.6. The average Bonchev–Trinajstić information content (AvgIpc) is 3.26. The lowest BCUT2D eigenvalue weighted by atomic mass is 9.87. The number of fused-ring (bicyclic) bond motifs is 3. The zero-order valence-electron chi connectivity index (χ0n) is 20.9.